The minimum absolute atomic E-state index is 0.156. The molecule has 0 spiro atoms. The summed E-state index contributed by atoms with van der Waals surface area (Å²) in [5, 5.41) is 5.48. The van der Waals surface area contributed by atoms with Gasteiger partial charge in [0.2, 0.25) is 11.8 Å². The Labute approximate surface area is 191 Å². The van der Waals surface area contributed by atoms with Crippen LogP contribution in [0.1, 0.15) is 76.5 Å². The minimum atomic E-state index is -0.671. The Morgan fingerprint density at radius 3 is 2.64 bits per heavy atom. The number of carbonyl (C=O) groups excluding carboxylic acids is 4. The number of aromatic nitrogens is 1. The van der Waals surface area contributed by atoms with E-state index in [2.05, 4.69) is 15.6 Å². The first-order valence-corrected chi connectivity index (χ1v) is 11.5. The molecule has 1 aromatic carbocycles. The molecule has 5 rings (SSSR count). The van der Waals surface area contributed by atoms with Gasteiger partial charge in [-0.1, -0.05) is 18.9 Å². The molecule has 1 aliphatic carbocycles. The molecule has 1 saturated heterocycles. The van der Waals surface area contributed by atoms with Crippen LogP contribution >= 0.6 is 0 Å². The molecule has 8 heteroatoms. The van der Waals surface area contributed by atoms with Crippen molar-refractivity contribution >= 4 is 23.6 Å². The average Bonchev–Trinajstić information content (AvgIpc) is 3.46. The van der Waals surface area contributed by atoms with E-state index >= 15 is 0 Å². The lowest BCUT2D eigenvalue weighted by atomic mass is 9.94. The van der Waals surface area contributed by atoms with Crippen molar-refractivity contribution in [2.75, 3.05) is 0 Å². The number of hydrogen-bond donors (Lipinski definition) is 2. The third kappa shape index (κ3) is 4.13. The Morgan fingerprint density at radius 1 is 1.09 bits per heavy atom. The molecule has 1 unspecified atom stereocenters. The van der Waals surface area contributed by atoms with E-state index in [9.17, 15) is 19.2 Å². The largest absolute Gasteiger partial charge is 0.343 e. The highest BCUT2D eigenvalue weighted by molar-refractivity contribution is 6.06. The molecule has 33 heavy (non-hydrogen) atoms. The summed E-state index contributed by atoms with van der Waals surface area (Å²) in [6.45, 7) is 0.244. The molecule has 2 fully saturated rings. The normalized spacial score (nSPS) is 21.6. The number of nitrogens with one attached hydrogen (secondary N) is 2. The van der Waals surface area contributed by atoms with Gasteiger partial charge in [0.25, 0.3) is 11.8 Å². The van der Waals surface area contributed by atoms with E-state index in [-0.39, 0.29) is 36.7 Å². The van der Waals surface area contributed by atoms with Gasteiger partial charge in [-0.3, -0.25) is 29.5 Å². The monoisotopic (exact) mass is 446 g/mol. The summed E-state index contributed by atoms with van der Waals surface area (Å²) in [4.78, 5) is 55.8. The van der Waals surface area contributed by atoms with Crippen LogP contribution in [0.25, 0.3) is 0 Å². The maximum atomic E-state index is 13.2. The quantitative estimate of drug-likeness (QED) is 0.686. The molecule has 2 aliphatic heterocycles. The average molecular weight is 447 g/mol. The van der Waals surface area contributed by atoms with Gasteiger partial charge >= 0.3 is 0 Å². The molecule has 1 saturated carbocycles. The van der Waals surface area contributed by atoms with Crippen LogP contribution in [0, 0.1) is 5.92 Å². The number of fused-ring (bicyclic) bond motifs is 1. The van der Waals surface area contributed by atoms with Crippen LogP contribution in [-0.2, 0) is 16.1 Å². The molecule has 2 N–H and O–H groups in total. The minimum Gasteiger partial charge on any atom is -0.343 e. The van der Waals surface area contributed by atoms with Crippen molar-refractivity contribution < 1.29 is 19.2 Å². The highest BCUT2D eigenvalue weighted by atomic mass is 16.2. The van der Waals surface area contributed by atoms with Crippen molar-refractivity contribution in [2.45, 2.75) is 57.2 Å². The van der Waals surface area contributed by atoms with E-state index in [0.717, 1.165) is 31.4 Å². The summed E-state index contributed by atoms with van der Waals surface area (Å²) in [6.07, 6.45) is 6.68. The van der Waals surface area contributed by atoms with Crippen LogP contribution in [0.4, 0.5) is 0 Å². The van der Waals surface area contributed by atoms with Crippen molar-refractivity contribution in [1.29, 1.82) is 0 Å². The molecule has 2 atom stereocenters. The number of carbonyl (C=O) groups is 4. The van der Waals surface area contributed by atoms with Crippen molar-refractivity contribution in [1.82, 2.24) is 20.5 Å². The van der Waals surface area contributed by atoms with Gasteiger partial charge in [0.1, 0.15) is 6.04 Å². The number of benzene rings is 1. The number of hydrogen-bond acceptors (Lipinski definition) is 5. The summed E-state index contributed by atoms with van der Waals surface area (Å²) in [5.74, 6) is -0.858. The third-order valence-corrected chi connectivity index (χ3v) is 6.95. The second-order valence-corrected chi connectivity index (χ2v) is 9.02. The first kappa shape index (κ1) is 21.3. The summed E-state index contributed by atoms with van der Waals surface area (Å²) in [6, 6.07) is 9.96. The van der Waals surface area contributed by atoms with Crippen molar-refractivity contribution in [3.8, 4) is 0 Å². The zero-order chi connectivity index (χ0) is 22.9. The Hall–Kier alpha value is -3.55. The zero-order valence-electron chi connectivity index (χ0n) is 18.3. The molecule has 0 radical (unpaired) electrons. The van der Waals surface area contributed by atoms with Gasteiger partial charge in [0.15, 0.2) is 0 Å². The lowest BCUT2D eigenvalue weighted by Crippen LogP contribution is -2.52. The van der Waals surface area contributed by atoms with Crippen LogP contribution in [-0.4, -0.2) is 39.6 Å². The molecule has 2 aromatic rings. The molecule has 0 bridgehead atoms. The maximum absolute atomic E-state index is 13.2. The van der Waals surface area contributed by atoms with Gasteiger partial charge in [-0.05, 0) is 61.1 Å². The fraction of sp³-hybridized carbons (Fsp3) is 0.400. The highest BCUT2D eigenvalue weighted by Crippen LogP contribution is 2.35. The lowest BCUT2D eigenvalue weighted by Gasteiger charge is -2.29. The standard InChI is InChI=1S/C25H26N4O4/c30-21-11-10-20(24(32)27-21)29-14-17-13-16(8-9-18(17)25(29)33)23(31)28-22(15-5-1-2-6-15)19-7-3-4-12-26-19/h3-4,7-9,12-13,15,20,22H,1-2,5-6,10-11,14H2,(H,28,31)(H,27,30,32)/t20?,22-/m1/s1. The second kappa shape index (κ2) is 8.77. The second-order valence-electron chi connectivity index (χ2n) is 9.02. The number of rotatable bonds is 5. The smallest absolute Gasteiger partial charge is 0.255 e. The molecule has 3 aliphatic rings. The third-order valence-electron chi connectivity index (χ3n) is 6.95. The lowest BCUT2D eigenvalue weighted by molar-refractivity contribution is -0.136. The van der Waals surface area contributed by atoms with Crippen molar-refractivity contribution in [2.24, 2.45) is 5.92 Å². The van der Waals surface area contributed by atoms with Gasteiger partial charge < -0.3 is 10.2 Å². The van der Waals surface area contributed by atoms with Gasteiger partial charge in [0, 0.05) is 30.3 Å². The molecule has 4 amide bonds. The van der Waals surface area contributed by atoms with Crippen LogP contribution < -0.4 is 10.6 Å². The van der Waals surface area contributed by atoms with Gasteiger partial charge in [0.05, 0.1) is 11.7 Å². The molecule has 170 valence electrons. The Balaban J connectivity index is 1.34. The molecule has 8 nitrogen and oxygen atoms in total. The maximum Gasteiger partial charge on any atom is 0.255 e. The van der Waals surface area contributed by atoms with Crippen LogP contribution in [0.3, 0.4) is 0 Å². The predicted molar refractivity (Wildman–Crippen MR) is 119 cm³/mol. The fourth-order valence-electron chi connectivity index (χ4n) is 5.22. The fourth-order valence-corrected chi connectivity index (χ4v) is 5.22. The van der Waals surface area contributed by atoms with Crippen LogP contribution in [0.15, 0.2) is 42.6 Å². The van der Waals surface area contributed by atoms with Crippen molar-refractivity contribution in [3.63, 3.8) is 0 Å². The van der Waals surface area contributed by atoms with E-state index in [4.69, 9.17) is 0 Å². The van der Waals surface area contributed by atoms with E-state index in [0.29, 0.717) is 29.0 Å². The molecular weight excluding hydrogens is 420 g/mol. The molecular formula is C25H26N4O4. The topological polar surface area (TPSA) is 108 Å². The number of nitrogens with zero attached hydrogens (tertiary/aromatic N) is 2. The first-order chi connectivity index (χ1) is 16.0. The van der Waals surface area contributed by atoms with E-state index in [1.807, 2.05) is 18.2 Å². The number of piperidine rings is 1. The van der Waals surface area contributed by atoms with Crippen LogP contribution in [0.5, 0.6) is 0 Å². The summed E-state index contributed by atoms with van der Waals surface area (Å²) in [7, 11) is 0. The SMILES string of the molecule is O=C1CCC(N2Cc3cc(C(=O)N[C@@H](c4ccccn4)C4CCCC4)ccc3C2=O)C(=O)N1. The number of pyridine rings is 1. The Morgan fingerprint density at radius 2 is 1.91 bits per heavy atom. The van der Waals surface area contributed by atoms with Crippen LogP contribution in [0.2, 0.25) is 0 Å². The molecule has 1 aromatic heterocycles. The number of imide groups is 1. The summed E-state index contributed by atoms with van der Waals surface area (Å²) in [5.41, 5.74) is 2.55. The Kier molecular flexibility index (Phi) is 5.66. The van der Waals surface area contributed by atoms with E-state index in [1.54, 1.807) is 24.4 Å². The summed E-state index contributed by atoms with van der Waals surface area (Å²) < 4.78 is 0. The predicted octanol–water partition coefficient (Wildman–Crippen LogP) is 2.50. The Bertz CT molecular complexity index is 1110. The number of amides is 4. The summed E-state index contributed by atoms with van der Waals surface area (Å²) >= 11 is 0. The molecule has 3 heterocycles. The highest BCUT2D eigenvalue weighted by Gasteiger charge is 2.39. The van der Waals surface area contributed by atoms with Gasteiger partial charge in [-0.15, -0.1) is 0 Å². The van der Waals surface area contributed by atoms with E-state index in [1.165, 1.54) is 4.90 Å². The van der Waals surface area contributed by atoms with Gasteiger partial charge in [-0.25, -0.2) is 0 Å². The van der Waals surface area contributed by atoms with E-state index < -0.39 is 11.9 Å². The first-order valence-electron chi connectivity index (χ1n) is 11.5. The van der Waals surface area contributed by atoms with Crippen molar-refractivity contribution in [3.05, 3.63) is 65.0 Å². The van der Waals surface area contributed by atoms with Gasteiger partial charge in [-0.2, -0.15) is 0 Å². The zero-order valence-corrected chi connectivity index (χ0v) is 18.3.